The summed E-state index contributed by atoms with van der Waals surface area (Å²) in [4.78, 5) is 13.0. The third-order valence-electron chi connectivity index (χ3n) is 5.10. The molecule has 0 aliphatic rings. The number of nitrogens with zero attached hydrogens (tertiary/aromatic N) is 3. The van der Waals surface area contributed by atoms with Crippen LogP contribution in [0.4, 0.5) is 11.4 Å². The molecule has 1 aromatic heterocycles. The van der Waals surface area contributed by atoms with Crippen molar-refractivity contribution in [3.8, 4) is 11.8 Å². The predicted molar refractivity (Wildman–Crippen MR) is 125 cm³/mol. The van der Waals surface area contributed by atoms with Gasteiger partial charge in [-0.05, 0) is 24.3 Å². The molecule has 1 heterocycles. The maximum Gasteiger partial charge on any atom is 0.259 e. The molecule has 158 valence electrons. The fraction of sp³-hybridized carbons (Fsp3) is 0.0435. The smallest absolute Gasteiger partial charge is 0.259 e. The molecule has 1 amide bonds. The highest BCUT2D eigenvalue weighted by atomic mass is 16.3. The Kier molecular flexibility index (Phi) is 5.18. The fourth-order valence-corrected chi connectivity index (χ4v) is 3.52. The second kappa shape index (κ2) is 8.12. The minimum absolute atomic E-state index is 0.119. The highest BCUT2D eigenvalue weighted by Gasteiger charge is 2.17. The van der Waals surface area contributed by atoms with E-state index in [4.69, 9.17) is 16.4 Å². The summed E-state index contributed by atoms with van der Waals surface area (Å²) in [6.45, 7) is 0. The van der Waals surface area contributed by atoms with Gasteiger partial charge in [-0.15, -0.1) is 0 Å². The number of nitriles is 1. The van der Waals surface area contributed by atoms with Gasteiger partial charge in [0.1, 0.15) is 11.8 Å². The van der Waals surface area contributed by atoms with Gasteiger partial charge >= 0.3 is 0 Å². The van der Waals surface area contributed by atoms with Crippen LogP contribution in [0.2, 0.25) is 0 Å². The number of rotatable bonds is 5. The van der Waals surface area contributed by atoms with Gasteiger partial charge in [0.2, 0.25) is 5.71 Å². The number of para-hydroxylation sites is 3. The molecule has 0 saturated heterocycles. The Morgan fingerprint density at radius 1 is 1.09 bits per heavy atom. The molecule has 9 heteroatoms. The second-order valence-electron chi connectivity index (χ2n) is 7.06. The first-order valence-corrected chi connectivity index (χ1v) is 9.59. The highest BCUT2D eigenvalue weighted by molar-refractivity contribution is 6.45. The Labute approximate surface area is 182 Å². The topological polar surface area (TPSA) is 152 Å². The number of aryl methyl sites for hydroxylation is 1. The first-order valence-electron chi connectivity index (χ1n) is 9.59. The van der Waals surface area contributed by atoms with E-state index in [1.165, 1.54) is 0 Å². The molecule has 0 aliphatic carbocycles. The van der Waals surface area contributed by atoms with Gasteiger partial charge in [0.15, 0.2) is 5.84 Å². The van der Waals surface area contributed by atoms with Crippen LogP contribution in [0.5, 0.6) is 5.75 Å². The van der Waals surface area contributed by atoms with Crippen molar-refractivity contribution in [1.29, 1.82) is 10.7 Å². The summed E-state index contributed by atoms with van der Waals surface area (Å²) in [5, 5.41) is 35.3. The van der Waals surface area contributed by atoms with E-state index in [9.17, 15) is 9.90 Å². The van der Waals surface area contributed by atoms with Gasteiger partial charge in [-0.3, -0.25) is 15.6 Å². The standard InChI is InChI=1S/C23H19N7O2/c1-30-19-9-5-2-6-13(19)14-10-15(21(31)11-20(14)30)23(32)27-16-7-3-4-8-17(16)28-29-18(12-24)22(25)26/h2-11,28,31H,1H3,(H3,25,26)(H,27,32)/b29-18+. The monoisotopic (exact) mass is 425 g/mol. The Bertz CT molecular complexity index is 1460. The number of benzene rings is 3. The molecule has 32 heavy (non-hydrogen) atoms. The number of fused-ring (bicyclic) bond motifs is 3. The minimum Gasteiger partial charge on any atom is -0.507 e. The van der Waals surface area contributed by atoms with Crippen LogP contribution in [0.3, 0.4) is 0 Å². The van der Waals surface area contributed by atoms with E-state index >= 15 is 0 Å². The van der Waals surface area contributed by atoms with E-state index in [1.807, 2.05) is 35.9 Å². The molecule has 3 aromatic carbocycles. The molecular formula is C23H19N7O2. The zero-order valence-corrected chi connectivity index (χ0v) is 17.0. The zero-order chi connectivity index (χ0) is 22.8. The maximum absolute atomic E-state index is 13.0. The van der Waals surface area contributed by atoms with E-state index < -0.39 is 11.7 Å². The molecule has 9 nitrogen and oxygen atoms in total. The lowest BCUT2D eigenvalue weighted by Crippen LogP contribution is -2.22. The summed E-state index contributed by atoms with van der Waals surface area (Å²) >= 11 is 0. The number of amides is 1. The van der Waals surface area contributed by atoms with Crippen molar-refractivity contribution in [3.63, 3.8) is 0 Å². The lowest BCUT2D eigenvalue weighted by Gasteiger charge is -2.12. The SMILES string of the molecule is Cn1c2ccccc2c2cc(C(=O)Nc3ccccc3N/N=C(\C#N)C(=N)N)c(O)cc21. The molecule has 0 bridgehead atoms. The van der Waals surface area contributed by atoms with Gasteiger partial charge < -0.3 is 20.7 Å². The number of carbonyl (C=O) groups excluding carboxylic acids is 1. The van der Waals surface area contributed by atoms with E-state index in [-0.39, 0.29) is 17.0 Å². The summed E-state index contributed by atoms with van der Waals surface area (Å²) in [7, 11) is 1.91. The van der Waals surface area contributed by atoms with Gasteiger partial charge in [0.05, 0.1) is 22.5 Å². The lowest BCUT2D eigenvalue weighted by molar-refractivity contribution is 0.102. The largest absolute Gasteiger partial charge is 0.507 e. The lowest BCUT2D eigenvalue weighted by atomic mass is 10.1. The number of anilines is 2. The van der Waals surface area contributed by atoms with Crippen LogP contribution in [-0.2, 0) is 7.05 Å². The van der Waals surface area contributed by atoms with Crippen LogP contribution in [-0.4, -0.2) is 27.1 Å². The fourth-order valence-electron chi connectivity index (χ4n) is 3.52. The van der Waals surface area contributed by atoms with Crippen molar-refractivity contribution in [2.45, 2.75) is 0 Å². The van der Waals surface area contributed by atoms with Crippen molar-refractivity contribution in [3.05, 3.63) is 66.2 Å². The number of hydrazone groups is 1. The molecule has 0 radical (unpaired) electrons. The van der Waals surface area contributed by atoms with Crippen molar-refractivity contribution < 1.29 is 9.90 Å². The highest BCUT2D eigenvalue weighted by Crippen LogP contribution is 2.33. The number of amidine groups is 1. The van der Waals surface area contributed by atoms with Crippen LogP contribution in [0.15, 0.2) is 65.8 Å². The number of nitrogens with two attached hydrogens (primary N) is 1. The third kappa shape index (κ3) is 3.57. The summed E-state index contributed by atoms with van der Waals surface area (Å²) in [5.74, 6) is -1.13. The maximum atomic E-state index is 13.0. The first-order chi connectivity index (χ1) is 15.4. The average Bonchev–Trinajstić information content (AvgIpc) is 3.06. The molecule has 0 aliphatic heterocycles. The van der Waals surface area contributed by atoms with E-state index in [0.29, 0.717) is 11.4 Å². The van der Waals surface area contributed by atoms with Gasteiger partial charge in [0, 0.05) is 29.4 Å². The summed E-state index contributed by atoms with van der Waals surface area (Å²) in [6, 6.07) is 19.5. The molecule has 0 fully saturated rings. The van der Waals surface area contributed by atoms with Crippen LogP contribution < -0.4 is 16.5 Å². The predicted octanol–water partition coefficient (Wildman–Crippen LogP) is 3.52. The number of hydrogen-bond donors (Lipinski definition) is 5. The van der Waals surface area contributed by atoms with E-state index in [0.717, 1.165) is 21.8 Å². The van der Waals surface area contributed by atoms with Crippen molar-refractivity contribution in [2.75, 3.05) is 10.7 Å². The number of aromatic nitrogens is 1. The normalized spacial score (nSPS) is 11.3. The number of phenols is 1. The Balaban J connectivity index is 1.70. The molecule has 4 aromatic rings. The van der Waals surface area contributed by atoms with Crippen molar-refractivity contribution in [1.82, 2.24) is 4.57 Å². The van der Waals surface area contributed by atoms with Gasteiger partial charge in [-0.25, -0.2) is 0 Å². The molecular weight excluding hydrogens is 406 g/mol. The van der Waals surface area contributed by atoms with Crippen LogP contribution in [0, 0.1) is 16.7 Å². The Morgan fingerprint density at radius 2 is 1.78 bits per heavy atom. The summed E-state index contributed by atoms with van der Waals surface area (Å²) in [6.07, 6.45) is 0. The number of hydrogen-bond acceptors (Lipinski definition) is 6. The molecule has 0 spiro atoms. The molecule has 0 saturated carbocycles. The number of aromatic hydroxyl groups is 1. The van der Waals surface area contributed by atoms with E-state index in [1.54, 1.807) is 42.5 Å². The summed E-state index contributed by atoms with van der Waals surface area (Å²) in [5.41, 5.74) is 10.3. The average molecular weight is 425 g/mol. The number of nitrogens with one attached hydrogen (secondary N) is 3. The van der Waals surface area contributed by atoms with Crippen LogP contribution in [0.1, 0.15) is 10.4 Å². The van der Waals surface area contributed by atoms with Gasteiger partial charge in [-0.2, -0.15) is 10.4 Å². The minimum atomic E-state index is -0.511. The molecule has 4 rings (SSSR count). The molecule has 6 N–H and O–H groups in total. The van der Waals surface area contributed by atoms with E-state index in [2.05, 4.69) is 15.8 Å². The van der Waals surface area contributed by atoms with Gasteiger partial charge in [-0.1, -0.05) is 30.3 Å². The molecule has 0 atom stereocenters. The third-order valence-corrected chi connectivity index (χ3v) is 5.10. The van der Waals surface area contributed by atoms with Crippen LogP contribution in [0.25, 0.3) is 21.8 Å². The molecule has 0 unspecified atom stereocenters. The summed E-state index contributed by atoms with van der Waals surface area (Å²) < 4.78 is 1.96. The Morgan fingerprint density at radius 3 is 2.50 bits per heavy atom. The van der Waals surface area contributed by atoms with Crippen molar-refractivity contribution in [2.24, 2.45) is 17.9 Å². The quantitative estimate of drug-likeness (QED) is 0.188. The van der Waals surface area contributed by atoms with Crippen LogP contribution >= 0.6 is 0 Å². The van der Waals surface area contributed by atoms with Crippen molar-refractivity contribution >= 4 is 50.6 Å². The zero-order valence-electron chi connectivity index (χ0n) is 17.0. The number of phenolic OH excluding ortho intramolecular Hbond substituents is 1. The Hall–Kier alpha value is -4.84. The first kappa shape index (κ1) is 20.4. The van der Waals surface area contributed by atoms with Gasteiger partial charge in [0.25, 0.3) is 5.91 Å². The second-order valence-corrected chi connectivity index (χ2v) is 7.06. The number of carbonyl (C=O) groups is 1.